The van der Waals surface area contributed by atoms with Gasteiger partial charge in [0.05, 0.1) is 5.69 Å². The molecular weight excluding hydrogens is 424 g/mol. The number of nitrogens with zero attached hydrogens (tertiary/aromatic N) is 1. The van der Waals surface area contributed by atoms with Gasteiger partial charge in [0.25, 0.3) is 0 Å². The lowest BCUT2D eigenvalue weighted by molar-refractivity contribution is 0.00777. The van der Waals surface area contributed by atoms with Crippen LogP contribution in [0.4, 0.5) is 8.78 Å². The minimum Gasteiger partial charge on any atom is -0.255 e. The van der Waals surface area contributed by atoms with E-state index in [2.05, 4.69) is 75.4 Å². The van der Waals surface area contributed by atoms with Gasteiger partial charge in [0.2, 0.25) is 5.92 Å². The van der Waals surface area contributed by atoms with Crippen LogP contribution in [0.15, 0.2) is 60.8 Å². The highest BCUT2D eigenvalue weighted by atomic mass is 19.3. The molecule has 1 atom stereocenters. The van der Waals surface area contributed by atoms with Crippen LogP contribution in [-0.2, 0) is 6.42 Å². The third-order valence-corrected chi connectivity index (χ3v) is 7.76. The first-order valence-electron chi connectivity index (χ1n) is 12.3. The molecule has 0 N–H and O–H groups in total. The van der Waals surface area contributed by atoms with Crippen LogP contribution in [0.5, 0.6) is 0 Å². The van der Waals surface area contributed by atoms with E-state index in [1.807, 2.05) is 6.20 Å². The summed E-state index contributed by atoms with van der Waals surface area (Å²) >= 11 is 0. The van der Waals surface area contributed by atoms with Crippen molar-refractivity contribution in [3.63, 3.8) is 0 Å². The molecule has 0 saturated heterocycles. The number of aryl methyl sites for hydroxylation is 1. The Hall–Kier alpha value is -3.07. The molecule has 0 aliphatic heterocycles. The maximum atomic E-state index is 14.0. The number of hydrogen-bond donors (Lipinski definition) is 0. The van der Waals surface area contributed by atoms with Crippen molar-refractivity contribution in [2.45, 2.75) is 64.2 Å². The molecule has 1 nitrogen and oxygen atoms in total. The van der Waals surface area contributed by atoms with Gasteiger partial charge < -0.3 is 0 Å². The zero-order valence-electron chi connectivity index (χ0n) is 20.0. The number of alkyl halides is 2. The van der Waals surface area contributed by atoms with Crippen molar-refractivity contribution in [2.24, 2.45) is 0 Å². The topological polar surface area (TPSA) is 12.9 Å². The molecule has 6 rings (SSSR count). The van der Waals surface area contributed by atoms with E-state index in [9.17, 15) is 8.78 Å². The lowest BCUT2D eigenvalue weighted by atomic mass is 9.88. The van der Waals surface area contributed by atoms with Crippen molar-refractivity contribution in [3.05, 3.63) is 88.6 Å². The summed E-state index contributed by atoms with van der Waals surface area (Å²) in [7, 11) is 0. The molecular formula is C31H29F2N. The molecule has 2 aliphatic rings. The van der Waals surface area contributed by atoms with E-state index in [-0.39, 0.29) is 18.8 Å². The summed E-state index contributed by atoms with van der Waals surface area (Å²) in [5.41, 5.74) is 10.8. The number of fused-ring (bicyclic) bond motifs is 4. The SMILES string of the molecule is Cc1cc2c(c(-c3ncc(C(C)C)c4ccc(C5CCC(F)(F)C5)cc34)c1)Cc1ccccc1-2. The average molecular weight is 454 g/mol. The van der Waals surface area contributed by atoms with E-state index in [1.165, 1.54) is 44.3 Å². The van der Waals surface area contributed by atoms with Crippen LogP contribution in [-0.4, -0.2) is 10.9 Å². The zero-order valence-corrected chi connectivity index (χ0v) is 20.0. The monoisotopic (exact) mass is 453 g/mol. The molecule has 4 aromatic rings. The fourth-order valence-electron chi connectivity index (χ4n) is 6.03. The molecule has 34 heavy (non-hydrogen) atoms. The van der Waals surface area contributed by atoms with Gasteiger partial charge in [-0.3, -0.25) is 4.98 Å². The number of halogens is 2. The van der Waals surface area contributed by atoms with E-state index >= 15 is 0 Å². The molecule has 1 saturated carbocycles. The second kappa shape index (κ2) is 7.73. The number of pyridine rings is 1. The molecule has 0 spiro atoms. The molecule has 1 heterocycles. The van der Waals surface area contributed by atoms with Crippen LogP contribution in [0.2, 0.25) is 0 Å². The largest absolute Gasteiger partial charge is 0.255 e. The zero-order chi connectivity index (χ0) is 23.6. The van der Waals surface area contributed by atoms with Gasteiger partial charge in [-0.1, -0.05) is 56.3 Å². The lowest BCUT2D eigenvalue weighted by Gasteiger charge is -2.18. The second-order valence-corrected chi connectivity index (χ2v) is 10.5. The molecule has 3 aromatic carbocycles. The van der Waals surface area contributed by atoms with Crippen LogP contribution in [0, 0.1) is 6.92 Å². The van der Waals surface area contributed by atoms with Gasteiger partial charge in [0.1, 0.15) is 0 Å². The van der Waals surface area contributed by atoms with Crippen molar-refractivity contribution in [1.82, 2.24) is 4.98 Å². The summed E-state index contributed by atoms with van der Waals surface area (Å²) < 4.78 is 28.0. The minimum atomic E-state index is -2.55. The predicted molar refractivity (Wildman–Crippen MR) is 136 cm³/mol. The highest BCUT2D eigenvalue weighted by Gasteiger charge is 2.40. The van der Waals surface area contributed by atoms with Crippen LogP contribution in [0.1, 0.15) is 72.8 Å². The molecule has 1 aromatic heterocycles. The molecule has 3 heteroatoms. The van der Waals surface area contributed by atoms with Gasteiger partial charge in [-0.15, -0.1) is 0 Å². The van der Waals surface area contributed by atoms with Crippen molar-refractivity contribution in [3.8, 4) is 22.4 Å². The number of benzene rings is 3. The average Bonchev–Trinajstić information content (AvgIpc) is 3.37. The third kappa shape index (κ3) is 3.45. The summed E-state index contributed by atoms with van der Waals surface area (Å²) in [5, 5.41) is 2.27. The molecule has 0 amide bonds. The third-order valence-electron chi connectivity index (χ3n) is 7.76. The fraction of sp³-hybridized carbons (Fsp3) is 0.323. The summed E-state index contributed by atoms with van der Waals surface area (Å²) in [4.78, 5) is 5.03. The molecule has 172 valence electrons. The van der Waals surface area contributed by atoms with E-state index in [0.29, 0.717) is 12.3 Å². The molecule has 0 radical (unpaired) electrons. The highest BCUT2D eigenvalue weighted by Crippen LogP contribution is 2.47. The minimum absolute atomic E-state index is 0.0174. The molecule has 1 unspecified atom stereocenters. The second-order valence-electron chi connectivity index (χ2n) is 10.5. The summed E-state index contributed by atoms with van der Waals surface area (Å²) in [6, 6.07) is 19.5. The van der Waals surface area contributed by atoms with Crippen LogP contribution >= 0.6 is 0 Å². The number of rotatable bonds is 3. The lowest BCUT2D eigenvalue weighted by Crippen LogP contribution is -2.09. The predicted octanol–water partition coefficient (Wildman–Crippen LogP) is 8.81. The van der Waals surface area contributed by atoms with Crippen molar-refractivity contribution in [2.75, 3.05) is 0 Å². The number of hydrogen-bond acceptors (Lipinski definition) is 1. The molecule has 0 bridgehead atoms. The molecule has 1 fully saturated rings. The van der Waals surface area contributed by atoms with E-state index < -0.39 is 5.92 Å². The highest BCUT2D eigenvalue weighted by molar-refractivity contribution is 5.99. The summed E-state index contributed by atoms with van der Waals surface area (Å²) in [6.45, 7) is 6.51. The Balaban J connectivity index is 1.58. The fourth-order valence-corrected chi connectivity index (χ4v) is 6.03. The first-order valence-corrected chi connectivity index (χ1v) is 12.3. The van der Waals surface area contributed by atoms with Gasteiger partial charge in [0, 0.05) is 30.0 Å². The van der Waals surface area contributed by atoms with Crippen molar-refractivity contribution >= 4 is 10.8 Å². The Morgan fingerprint density at radius 3 is 2.50 bits per heavy atom. The van der Waals surface area contributed by atoms with Crippen LogP contribution < -0.4 is 0 Å². The van der Waals surface area contributed by atoms with Crippen LogP contribution in [0.3, 0.4) is 0 Å². The standard InChI is InChI=1S/C31H29F2N/c1-18(2)29-17-34-30(28-14-20(8-9-24(28)29)22-10-11-31(32,33)16-22)27-13-19(3)12-25-23-7-5-4-6-21(23)15-26(25)27/h4-9,12-14,17-18,22H,10-11,15-16H2,1-3H3. The number of aromatic nitrogens is 1. The van der Waals surface area contributed by atoms with Gasteiger partial charge in [-0.05, 0) is 88.1 Å². The van der Waals surface area contributed by atoms with Gasteiger partial charge in [-0.2, -0.15) is 0 Å². The summed E-state index contributed by atoms with van der Waals surface area (Å²) in [5.74, 6) is -2.32. The van der Waals surface area contributed by atoms with E-state index in [1.54, 1.807) is 0 Å². The van der Waals surface area contributed by atoms with Gasteiger partial charge in [-0.25, -0.2) is 8.78 Å². The van der Waals surface area contributed by atoms with Crippen molar-refractivity contribution < 1.29 is 8.78 Å². The van der Waals surface area contributed by atoms with Gasteiger partial charge in [0.15, 0.2) is 0 Å². The van der Waals surface area contributed by atoms with Crippen molar-refractivity contribution in [1.29, 1.82) is 0 Å². The quantitative estimate of drug-likeness (QED) is 0.266. The first-order chi connectivity index (χ1) is 16.3. The normalized spacial score (nSPS) is 18.5. The van der Waals surface area contributed by atoms with E-state index in [4.69, 9.17) is 4.98 Å². The smallest absolute Gasteiger partial charge is 0.248 e. The van der Waals surface area contributed by atoms with E-state index in [0.717, 1.165) is 23.1 Å². The summed E-state index contributed by atoms with van der Waals surface area (Å²) in [6.07, 6.45) is 3.38. The maximum absolute atomic E-state index is 14.0. The van der Waals surface area contributed by atoms with Crippen LogP contribution in [0.25, 0.3) is 33.2 Å². The van der Waals surface area contributed by atoms with Gasteiger partial charge >= 0.3 is 0 Å². The Bertz CT molecular complexity index is 1430. The first kappa shape index (κ1) is 21.5. The Morgan fingerprint density at radius 1 is 0.941 bits per heavy atom. The Morgan fingerprint density at radius 2 is 1.74 bits per heavy atom. The maximum Gasteiger partial charge on any atom is 0.248 e. The molecule has 2 aliphatic carbocycles. The Labute approximate surface area is 199 Å². The Kier molecular flexibility index (Phi) is 4.88.